The van der Waals surface area contributed by atoms with Crippen molar-refractivity contribution in [1.29, 1.82) is 0 Å². The Morgan fingerprint density at radius 3 is 2.60 bits per heavy atom. The highest BCUT2D eigenvalue weighted by Crippen LogP contribution is 2.32. The fraction of sp³-hybridized carbons (Fsp3) is 0.231. The van der Waals surface area contributed by atoms with Crippen molar-refractivity contribution in [2.75, 3.05) is 17.2 Å². The van der Waals surface area contributed by atoms with E-state index in [1.807, 2.05) is 54.3 Å². The number of hydrogen-bond donors (Lipinski definition) is 0. The second-order valence-corrected chi connectivity index (χ2v) is 11.0. The normalized spacial score (nSPS) is 11.4. The molecule has 5 rings (SSSR count). The molecule has 2 heterocycles. The number of benzene rings is 3. The maximum atomic E-state index is 13.2. The number of thioether (sulfide) groups is 2. The molecular formula is C26H25N5OS3. The van der Waals surface area contributed by atoms with E-state index in [1.54, 1.807) is 23.1 Å². The van der Waals surface area contributed by atoms with E-state index in [0.29, 0.717) is 18.1 Å². The summed E-state index contributed by atoms with van der Waals surface area (Å²) < 4.78 is 4.30. The molecule has 5 aromatic rings. The van der Waals surface area contributed by atoms with Gasteiger partial charge in [0, 0.05) is 18.5 Å². The molecule has 0 spiro atoms. The van der Waals surface area contributed by atoms with Crippen molar-refractivity contribution in [3.8, 4) is 0 Å². The lowest BCUT2D eigenvalue weighted by molar-refractivity contribution is -0.116. The molecule has 0 saturated carbocycles. The van der Waals surface area contributed by atoms with Gasteiger partial charge in [-0.1, -0.05) is 72.1 Å². The molecule has 6 nitrogen and oxygen atoms in total. The van der Waals surface area contributed by atoms with Crippen LogP contribution in [-0.4, -0.2) is 38.0 Å². The highest BCUT2D eigenvalue weighted by molar-refractivity contribution is 8.00. The predicted molar refractivity (Wildman–Crippen MR) is 148 cm³/mol. The van der Waals surface area contributed by atoms with Crippen LogP contribution in [0.15, 0.2) is 76.2 Å². The summed E-state index contributed by atoms with van der Waals surface area (Å²) in [6.45, 7) is 5.45. The summed E-state index contributed by atoms with van der Waals surface area (Å²) in [5, 5.41) is 11.8. The second-order valence-electron chi connectivity index (χ2n) is 7.80. The van der Waals surface area contributed by atoms with Crippen LogP contribution in [0.1, 0.15) is 19.7 Å². The summed E-state index contributed by atoms with van der Waals surface area (Å²) in [5.41, 5.74) is 1.97. The van der Waals surface area contributed by atoms with Gasteiger partial charge in [0.2, 0.25) is 5.91 Å². The summed E-state index contributed by atoms with van der Waals surface area (Å²) >= 11 is 4.81. The van der Waals surface area contributed by atoms with Crippen molar-refractivity contribution in [2.24, 2.45) is 0 Å². The fourth-order valence-corrected chi connectivity index (χ4v) is 6.92. The summed E-state index contributed by atoms with van der Waals surface area (Å²) in [6.07, 6.45) is 0. The van der Waals surface area contributed by atoms with Crippen LogP contribution in [0.5, 0.6) is 0 Å². The Kier molecular flexibility index (Phi) is 7.36. The monoisotopic (exact) mass is 519 g/mol. The van der Waals surface area contributed by atoms with E-state index in [2.05, 4.69) is 46.0 Å². The number of carbonyl (C=O) groups is 1. The van der Waals surface area contributed by atoms with Crippen LogP contribution in [0.3, 0.4) is 0 Å². The van der Waals surface area contributed by atoms with Gasteiger partial charge in [0.1, 0.15) is 5.82 Å². The predicted octanol–water partition coefficient (Wildman–Crippen LogP) is 6.50. The van der Waals surface area contributed by atoms with Gasteiger partial charge in [-0.05, 0) is 37.4 Å². The molecule has 0 aliphatic carbocycles. The van der Waals surface area contributed by atoms with E-state index in [1.165, 1.54) is 16.5 Å². The molecule has 0 aliphatic heterocycles. The Hall–Kier alpha value is -2.88. The van der Waals surface area contributed by atoms with Crippen LogP contribution in [0.25, 0.3) is 21.0 Å². The van der Waals surface area contributed by atoms with Gasteiger partial charge in [0.15, 0.2) is 9.50 Å². The zero-order valence-electron chi connectivity index (χ0n) is 19.5. The third-order valence-electron chi connectivity index (χ3n) is 5.71. The molecule has 1 amide bonds. The Morgan fingerprint density at radius 1 is 0.971 bits per heavy atom. The van der Waals surface area contributed by atoms with Crippen molar-refractivity contribution in [2.45, 2.75) is 35.6 Å². The Balaban J connectivity index is 1.27. The number of para-hydroxylation sites is 1. The average Bonchev–Trinajstić information content (AvgIpc) is 3.49. The quantitative estimate of drug-likeness (QED) is 0.207. The van der Waals surface area contributed by atoms with E-state index in [0.717, 1.165) is 43.8 Å². The van der Waals surface area contributed by atoms with Crippen LogP contribution in [0.4, 0.5) is 5.69 Å². The summed E-state index contributed by atoms with van der Waals surface area (Å²) in [4.78, 5) is 19.8. The third-order valence-corrected chi connectivity index (χ3v) is 8.84. The largest absolute Gasteiger partial charge is 0.311 e. The van der Waals surface area contributed by atoms with Gasteiger partial charge >= 0.3 is 0 Å². The maximum Gasteiger partial charge on any atom is 0.237 e. The van der Waals surface area contributed by atoms with Gasteiger partial charge in [0.05, 0.1) is 27.4 Å². The summed E-state index contributed by atoms with van der Waals surface area (Å²) in [5.74, 6) is 1.95. The van der Waals surface area contributed by atoms with Crippen molar-refractivity contribution in [3.05, 3.63) is 72.6 Å². The Morgan fingerprint density at radius 2 is 1.77 bits per heavy atom. The number of carbonyl (C=O) groups excluding carboxylic acids is 1. The molecule has 0 unspecified atom stereocenters. The molecule has 0 radical (unpaired) electrons. The van der Waals surface area contributed by atoms with Gasteiger partial charge in [-0.25, -0.2) is 4.98 Å². The Labute approximate surface area is 216 Å². The first-order valence-corrected chi connectivity index (χ1v) is 14.3. The molecule has 0 atom stereocenters. The zero-order valence-corrected chi connectivity index (χ0v) is 22.0. The first kappa shape index (κ1) is 23.8. The first-order valence-electron chi connectivity index (χ1n) is 11.5. The molecule has 0 fully saturated rings. The topological polar surface area (TPSA) is 63.9 Å². The lowest BCUT2D eigenvalue weighted by Gasteiger charge is -2.22. The van der Waals surface area contributed by atoms with E-state index in [4.69, 9.17) is 4.98 Å². The van der Waals surface area contributed by atoms with Gasteiger partial charge < -0.3 is 9.47 Å². The minimum Gasteiger partial charge on any atom is -0.311 e. The fourth-order valence-electron chi connectivity index (χ4n) is 4.02. The number of thiazole rings is 1. The number of amides is 1. The minimum atomic E-state index is 0.0601. The molecule has 0 bridgehead atoms. The molecule has 178 valence electrons. The minimum absolute atomic E-state index is 0.0601. The van der Waals surface area contributed by atoms with E-state index >= 15 is 0 Å². The van der Waals surface area contributed by atoms with Crippen LogP contribution in [-0.2, 0) is 17.1 Å². The highest BCUT2D eigenvalue weighted by atomic mass is 32.2. The van der Waals surface area contributed by atoms with Gasteiger partial charge in [0.25, 0.3) is 0 Å². The smallest absolute Gasteiger partial charge is 0.237 e. The van der Waals surface area contributed by atoms with Crippen LogP contribution < -0.4 is 4.90 Å². The molecule has 0 N–H and O–H groups in total. The molecule has 9 heteroatoms. The van der Waals surface area contributed by atoms with Crippen molar-refractivity contribution < 1.29 is 4.79 Å². The SMILES string of the molecule is CCN(C(=O)CSc1nnc(CSc2nc3ccccc3s2)n1CC)c1cccc2ccccc12. The number of aromatic nitrogens is 4. The average molecular weight is 520 g/mol. The number of rotatable bonds is 9. The lowest BCUT2D eigenvalue weighted by Crippen LogP contribution is -2.32. The molecule has 2 aromatic heterocycles. The van der Waals surface area contributed by atoms with Crippen LogP contribution >= 0.6 is 34.9 Å². The first-order chi connectivity index (χ1) is 17.2. The molecule has 0 saturated heterocycles. The summed E-state index contributed by atoms with van der Waals surface area (Å²) in [7, 11) is 0. The van der Waals surface area contributed by atoms with E-state index in [9.17, 15) is 4.79 Å². The zero-order chi connectivity index (χ0) is 24.2. The number of nitrogens with zero attached hydrogens (tertiary/aromatic N) is 5. The molecule has 35 heavy (non-hydrogen) atoms. The molecule has 3 aromatic carbocycles. The second kappa shape index (κ2) is 10.8. The standard InChI is InChI=1S/C26H25N5OS3/c1-3-30(21-14-9-11-18-10-5-6-12-19(18)21)24(32)17-33-25-29-28-23(31(25)4-2)16-34-26-27-20-13-7-8-15-22(20)35-26/h5-15H,3-4,16-17H2,1-2H3. The van der Waals surface area contributed by atoms with E-state index in [-0.39, 0.29) is 5.91 Å². The van der Waals surface area contributed by atoms with Crippen LogP contribution in [0.2, 0.25) is 0 Å². The number of hydrogen-bond acceptors (Lipinski definition) is 7. The summed E-state index contributed by atoms with van der Waals surface area (Å²) in [6, 6.07) is 22.4. The van der Waals surface area contributed by atoms with Crippen molar-refractivity contribution >= 4 is 67.4 Å². The van der Waals surface area contributed by atoms with Crippen molar-refractivity contribution in [3.63, 3.8) is 0 Å². The molecule has 0 aliphatic rings. The van der Waals surface area contributed by atoms with Crippen LogP contribution in [0, 0.1) is 0 Å². The number of anilines is 1. The molecular weight excluding hydrogens is 495 g/mol. The third kappa shape index (κ3) is 5.07. The van der Waals surface area contributed by atoms with Gasteiger partial charge in [-0.15, -0.1) is 21.5 Å². The van der Waals surface area contributed by atoms with E-state index < -0.39 is 0 Å². The Bertz CT molecular complexity index is 1440. The maximum absolute atomic E-state index is 13.2. The van der Waals surface area contributed by atoms with Gasteiger partial charge in [-0.2, -0.15) is 0 Å². The number of fused-ring (bicyclic) bond motifs is 2. The lowest BCUT2D eigenvalue weighted by atomic mass is 10.1. The van der Waals surface area contributed by atoms with Gasteiger partial charge in [-0.3, -0.25) is 4.79 Å². The highest BCUT2D eigenvalue weighted by Gasteiger charge is 2.19. The van der Waals surface area contributed by atoms with Crippen molar-refractivity contribution in [1.82, 2.24) is 19.7 Å².